The summed E-state index contributed by atoms with van der Waals surface area (Å²) in [7, 11) is 4.59. The highest BCUT2D eigenvalue weighted by atomic mass is 16.5. The third kappa shape index (κ3) is 4.68. The van der Waals surface area contributed by atoms with Gasteiger partial charge in [0.1, 0.15) is 5.82 Å². The number of benzene rings is 3. The molecule has 1 aromatic heterocycles. The lowest BCUT2D eigenvalue weighted by Crippen LogP contribution is -2.22. The molecule has 0 aliphatic rings. The van der Waals surface area contributed by atoms with Gasteiger partial charge in [0.05, 0.1) is 44.3 Å². The number of hydrogen-bond donors (Lipinski definition) is 1. The molecule has 1 amide bonds. The van der Waals surface area contributed by atoms with E-state index in [-0.39, 0.29) is 17.9 Å². The Bertz CT molecular complexity index is 1450. The monoisotopic (exact) mass is 473 g/mol. The lowest BCUT2D eigenvalue weighted by Gasteiger charge is -2.15. The Morgan fingerprint density at radius 3 is 2.26 bits per heavy atom. The predicted octanol–water partition coefficient (Wildman–Crippen LogP) is 4.21. The van der Waals surface area contributed by atoms with E-state index in [0.29, 0.717) is 45.4 Å². The van der Waals surface area contributed by atoms with E-state index in [1.807, 2.05) is 31.2 Å². The molecule has 0 saturated carbocycles. The van der Waals surface area contributed by atoms with Gasteiger partial charge in [-0.1, -0.05) is 12.1 Å². The number of fused-ring (bicyclic) bond motifs is 1. The third-order valence-electron chi connectivity index (χ3n) is 5.77. The van der Waals surface area contributed by atoms with E-state index >= 15 is 0 Å². The smallest absolute Gasteiger partial charge is 0.265 e. The van der Waals surface area contributed by atoms with Crippen molar-refractivity contribution in [2.45, 2.75) is 20.3 Å². The average molecular weight is 474 g/mol. The van der Waals surface area contributed by atoms with Gasteiger partial charge in [-0.25, -0.2) is 4.98 Å². The van der Waals surface area contributed by atoms with Crippen LogP contribution >= 0.6 is 0 Å². The Morgan fingerprint density at radius 1 is 0.943 bits per heavy atom. The van der Waals surface area contributed by atoms with Crippen molar-refractivity contribution in [1.82, 2.24) is 9.55 Å². The Hall–Kier alpha value is -4.33. The molecule has 8 nitrogen and oxygen atoms in total. The number of methoxy groups -OCH3 is 3. The van der Waals surface area contributed by atoms with Crippen molar-refractivity contribution >= 4 is 22.5 Å². The van der Waals surface area contributed by atoms with Crippen LogP contribution in [-0.4, -0.2) is 36.8 Å². The van der Waals surface area contributed by atoms with E-state index in [2.05, 4.69) is 10.3 Å². The van der Waals surface area contributed by atoms with Crippen LogP contribution in [0.1, 0.15) is 17.0 Å². The SMILES string of the molecule is COc1cc(CC(=O)Nc2ccc(-n3c(C)nc4ccccc4c3=O)cc2C)cc(OC)c1OC. The molecular formula is C27H27N3O5. The fourth-order valence-corrected chi connectivity index (χ4v) is 4.09. The lowest BCUT2D eigenvalue weighted by atomic mass is 10.1. The minimum absolute atomic E-state index is 0.116. The van der Waals surface area contributed by atoms with Crippen molar-refractivity contribution in [3.8, 4) is 22.9 Å². The Morgan fingerprint density at radius 2 is 1.63 bits per heavy atom. The Labute approximate surface area is 203 Å². The minimum atomic E-state index is -0.198. The van der Waals surface area contributed by atoms with Gasteiger partial charge in [0, 0.05) is 5.69 Å². The molecule has 180 valence electrons. The number of nitrogens with zero attached hydrogens (tertiary/aromatic N) is 2. The summed E-state index contributed by atoms with van der Waals surface area (Å²) in [6, 6.07) is 16.2. The summed E-state index contributed by atoms with van der Waals surface area (Å²) in [5.41, 5.74) is 3.41. The highest BCUT2D eigenvalue weighted by molar-refractivity contribution is 5.93. The zero-order valence-electron chi connectivity index (χ0n) is 20.3. The van der Waals surface area contributed by atoms with E-state index in [0.717, 1.165) is 11.1 Å². The molecule has 0 aliphatic heterocycles. The van der Waals surface area contributed by atoms with Crippen LogP contribution in [0.5, 0.6) is 17.2 Å². The van der Waals surface area contributed by atoms with E-state index in [9.17, 15) is 9.59 Å². The van der Waals surface area contributed by atoms with Gasteiger partial charge >= 0.3 is 0 Å². The van der Waals surface area contributed by atoms with Crippen LogP contribution < -0.4 is 25.1 Å². The molecule has 0 fully saturated rings. The molecule has 0 aliphatic carbocycles. The number of amides is 1. The van der Waals surface area contributed by atoms with Crippen LogP contribution in [0.25, 0.3) is 16.6 Å². The fraction of sp³-hybridized carbons (Fsp3) is 0.222. The second-order valence-corrected chi connectivity index (χ2v) is 8.07. The van der Waals surface area contributed by atoms with Crippen LogP contribution in [0.4, 0.5) is 5.69 Å². The standard InChI is InChI=1S/C27H27N3O5/c1-16-12-19(30-17(2)28-22-9-7-6-8-20(22)27(30)32)10-11-21(16)29-25(31)15-18-13-23(33-3)26(35-5)24(14-18)34-4/h6-14H,15H2,1-5H3,(H,29,31). The van der Waals surface area contributed by atoms with E-state index in [4.69, 9.17) is 14.2 Å². The lowest BCUT2D eigenvalue weighted by molar-refractivity contribution is -0.115. The molecular weight excluding hydrogens is 446 g/mol. The zero-order valence-corrected chi connectivity index (χ0v) is 20.3. The predicted molar refractivity (Wildman–Crippen MR) is 135 cm³/mol. The summed E-state index contributed by atoms with van der Waals surface area (Å²) >= 11 is 0. The number of rotatable bonds is 7. The number of anilines is 1. The Balaban J connectivity index is 1.58. The van der Waals surface area contributed by atoms with E-state index in [1.54, 1.807) is 41.8 Å². The molecule has 35 heavy (non-hydrogen) atoms. The van der Waals surface area contributed by atoms with Crippen molar-refractivity contribution in [3.05, 3.63) is 81.9 Å². The first-order valence-electron chi connectivity index (χ1n) is 11.0. The second-order valence-electron chi connectivity index (χ2n) is 8.07. The molecule has 0 bridgehead atoms. The molecule has 4 aromatic rings. The number of carbonyl (C=O) groups is 1. The van der Waals surface area contributed by atoms with Crippen LogP contribution in [0.2, 0.25) is 0 Å². The summed E-state index contributed by atoms with van der Waals surface area (Å²) in [4.78, 5) is 30.5. The molecule has 0 unspecified atom stereocenters. The van der Waals surface area contributed by atoms with Crippen LogP contribution in [0.3, 0.4) is 0 Å². The normalized spacial score (nSPS) is 10.8. The molecule has 1 heterocycles. The molecule has 8 heteroatoms. The first-order chi connectivity index (χ1) is 16.9. The highest BCUT2D eigenvalue weighted by Gasteiger charge is 2.16. The number of aromatic nitrogens is 2. The number of aryl methyl sites for hydroxylation is 2. The molecule has 0 spiro atoms. The number of hydrogen-bond acceptors (Lipinski definition) is 6. The van der Waals surface area contributed by atoms with Gasteiger partial charge in [0.25, 0.3) is 5.56 Å². The van der Waals surface area contributed by atoms with E-state index in [1.165, 1.54) is 21.3 Å². The van der Waals surface area contributed by atoms with Gasteiger partial charge in [-0.05, 0) is 67.4 Å². The first kappa shape index (κ1) is 23.8. The summed E-state index contributed by atoms with van der Waals surface area (Å²) in [5, 5.41) is 3.50. The van der Waals surface area contributed by atoms with Gasteiger partial charge in [0.15, 0.2) is 11.5 Å². The molecule has 1 N–H and O–H groups in total. The number of nitrogens with one attached hydrogen (secondary N) is 1. The van der Waals surface area contributed by atoms with Gasteiger partial charge in [-0.2, -0.15) is 0 Å². The van der Waals surface area contributed by atoms with Crippen molar-refractivity contribution in [1.29, 1.82) is 0 Å². The number of para-hydroxylation sites is 1. The molecule has 0 radical (unpaired) electrons. The average Bonchev–Trinajstić information content (AvgIpc) is 2.85. The molecule has 3 aromatic carbocycles. The minimum Gasteiger partial charge on any atom is -0.493 e. The van der Waals surface area contributed by atoms with Crippen molar-refractivity contribution in [2.75, 3.05) is 26.6 Å². The summed E-state index contributed by atoms with van der Waals surface area (Å²) in [5.74, 6) is 1.84. The molecule has 0 atom stereocenters. The topological polar surface area (TPSA) is 91.7 Å². The van der Waals surface area contributed by atoms with Gasteiger partial charge in [0.2, 0.25) is 11.7 Å². The molecule has 4 rings (SSSR count). The van der Waals surface area contributed by atoms with Crippen molar-refractivity contribution < 1.29 is 19.0 Å². The van der Waals surface area contributed by atoms with Crippen LogP contribution in [0, 0.1) is 13.8 Å². The Kier molecular flexibility index (Phi) is 6.73. The fourth-order valence-electron chi connectivity index (χ4n) is 4.09. The van der Waals surface area contributed by atoms with Gasteiger partial charge in [-0.15, -0.1) is 0 Å². The maximum absolute atomic E-state index is 13.1. The largest absolute Gasteiger partial charge is 0.493 e. The van der Waals surface area contributed by atoms with Gasteiger partial charge in [-0.3, -0.25) is 14.2 Å². The number of ether oxygens (including phenoxy) is 3. The first-order valence-corrected chi connectivity index (χ1v) is 11.0. The maximum Gasteiger partial charge on any atom is 0.265 e. The maximum atomic E-state index is 13.1. The van der Waals surface area contributed by atoms with Crippen molar-refractivity contribution in [3.63, 3.8) is 0 Å². The third-order valence-corrected chi connectivity index (χ3v) is 5.77. The zero-order chi connectivity index (χ0) is 25.1. The summed E-state index contributed by atoms with van der Waals surface area (Å²) < 4.78 is 17.7. The van der Waals surface area contributed by atoms with E-state index < -0.39 is 0 Å². The van der Waals surface area contributed by atoms with Crippen LogP contribution in [0.15, 0.2) is 59.4 Å². The number of carbonyl (C=O) groups excluding carboxylic acids is 1. The quantitative estimate of drug-likeness (QED) is 0.432. The second kappa shape index (κ2) is 9.89. The molecule has 0 saturated heterocycles. The van der Waals surface area contributed by atoms with Crippen LogP contribution in [-0.2, 0) is 11.2 Å². The summed E-state index contributed by atoms with van der Waals surface area (Å²) in [6.45, 7) is 3.68. The highest BCUT2D eigenvalue weighted by Crippen LogP contribution is 2.38. The van der Waals surface area contributed by atoms with Gasteiger partial charge < -0.3 is 19.5 Å². The summed E-state index contributed by atoms with van der Waals surface area (Å²) in [6.07, 6.45) is 0.116. The van der Waals surface area contributed by atoms with Crippen molar-refractivity contribution in [2.24, 2.45) is 0 Å².